The van der Waals surface area contributed by atoms with E-state index >= 15 is 0 Å². The van der Waals surface area contributed by atoms with Gasteiger partial charge in [-0.25, -0.2) is 0 Å². The molecule has 1 saturated carbocycles. The van der Waals surface area contributed by atoms with Crippen LogP contribution in [0.2, 0.25) is 0 Å². The Morgan fingerprint density at radius 2 is 1.15 bits per heavy atom. The van der Waals surface area contributed by atoms with Crippen LogP contribution in [0, 0.1) is 0 Å². The van der Waals surface area contributed by atoms with Gasteiger partial charge < -0.3 is 11.1 Å². The standard InChI is InChI=1S/C12H11N.C6H13N/c1-3-7-11(8-4-1)13-12-9-5-2-6-10-12;7-6-4-2-1-3-5-6/h1-10,13H;6H,1-5,7H2. The Morgan fingerprint density at radius 1 is 0.700 bits per heavy atom. The predicted molar refractivity (Wildman–Crippen MR) is 87.2 cm³/mol. The van der Waals surface area contributed by atoms with Crippen LogP contribution in [0.3, 0.4) is 0 Å². The molecule has 0 unspecified atom stereocenters. The lowest BCUT2D eigenvalue weighted by atomic mass is 9.97. The van der Waals surface area contributed by atoms with E-state index in [9.17, 15) is 0 Å². The van der Waals surface area contributed by atoms with E-state index in [4.69, 9.17) is 5.73 Å². The normalized spacial score (nSPS) is 15.1. The van der Waals surface area contributed by atoms with Crippen LogP contribution in [-0.4, -0.2) is 6.04 Å². The van der Waals surface area contributed by atoms with Crippen LogP contribution in [0.5, 0.6) is 0 Å². The second-order valence-electron chi connectivity index (χ2n) is 5.26. The second kappa shape index (κ2) is 8.39. The van der Waals surface area contributed by atoms with Crippen molar-refractivity contribution in [2.75, 3.05) is 5.32 Å². The van der Waals surface area contributed by atoms with Gasteiger partial charge in [0, 0.05) is 17.4 Å². The maximum atomic E-state index is 5.63. The summed E-state index contributed by atoms with van der Waals surface area (Å²) in [7, 11) is 0. The van der Waals surface area contributed by atoms with E-state index in [1.165, 1.54) is 32.1 Å². The summed E-state index contributed by atoms with van der Waals surface area (Å²) in [5.41, 5.74) is 7.87. The molecular weight excluding hydrogens is 244 g/mol. The number of nitrogens with one attached hydrogen (secondary N) is 1. The third-order valence-electron chi connectivity index (χ3n) is 3.49. The summed E-state index contributed by atoms with van der Waals surface area (Å²) >= 11 is 0. The fourth-order valence-corrected chi connectivity index (χ4v) is 2.34. The number of hydrogen-bond acceptors (Lipinski definition) is 2. The van der Waals surface area contributed by atoms with Crippen molar-refractivity contribution < 1.29 is 0 Å². The van der Waals surface area contributed by atoms with Crippen LogP contribution in [-0.2, 0) is 0 Å². The minimum Gasteiger partial charge on any atom is -0.356 e. The van der Waals surface area contributed by atoms with Crippen molar-refractivity contribution in [1.82, 2.24) is 0 Å². The van der Waals surface area contributed by atoms with Gasteiger partial charge in [-0.05, 0) is 37.1 Å². The van der Waals surface area contributed by atoms with Gasteiger partial charge in [0.05, 0.1) is 0 Å². The predicted octanol–water partition coefficient (Wildman–Crippen LogP) is 4.71. The highest BCUT2D eigenvalue weighted by Crippen LogP contribution is 2.15. The molecule has 3 rings (SSSR count). The molecule has 0 heterocycles. The largest absolute Gasteiger partial charge is 0.356 e. The molecule has 0 aromatic heterocycles. The van der Waals surface area contributed by atoms with Gasteiger partial charge in [0.1, 0.15) is 0 Å². The molecule has 2 aromatic carbocycles. The minimum absolute atomic E-state index is 0.536. The number of anilines is 2. The first-order chi connectivity index (χ1) is 9.84. The Balaban J connectivity index is 0.000000178. The van der Waals surface area contributed by atoms with Crippen LogP contribution in [0.4, 0.5) is 11.4 Å². The number of para-hydroxylation sites is 2. The fourth-order valence-electron chi connectivity index (χ4n) is 2.34. The molecule has 0 radical (unpaired) electrons. The summed E-state index contributed by atoms with van der Waals surface area (Å²) in [5.74, 6) is 0. The van der Waals surface area contributed by atoms with E-state index in [0.717, 1.165) is 11.4 Å². The van der Waals surface area contributed by atoms with Crippen molar-refractivity contribution >= 4 is 11.4 Å². The Bertz CT molecular complexity index is 424. The van der Waals surface area contributed by atoms with Crippen molar-refractivity contribution in [3.8, 4) is 0 Å². The van der Waals surface area contributed by atoms with Gasteiger partial charge in [-0.15, -0.1) is 0 Å². The van der Waals surface area contributed by atoms with E-state index in [2.05, 4.69) is 5.32 Å². The van der Waals surface area contributed by atoms with Crippen molar-refractivity contribution in [3.05, 3.63) is 60.7 Å². The van der Waals surface area contributed by atoms with Crippen LogP contribution in [0.25, 0.3) is 0 Å². The quantitative estimate of drug-likeness (QED) is 0.828. The Labute approximate surface area is 122 Å². The van der Waals surface area contributed by atoms with Gasteiger partial charge in [-0.2, -0.15) is 0 Å². The molecule has 2 aromatic rings. The first kappa shape index (κ1) is 14.6. The monoisotopic (exact) mass is 268 g/mol. The zero-order valence-electron chi connectivity index (χ0n) is 12.0. The maximum absolute atomic E-state index is 5.63. The Kier molecular flexibility index (Phi) is 6.12. The SMILES string of the molecule is NC1CCCCC1.c1ccc(Nc2ccccc2)cc1. The van der Waals surface area contributed by atoms with E-state index in [0.29, 0.717) is 6.04 Å². The first-order valence-corrected chi connectivity index (χ1v) is 7.47. The van der Waals surface area contributed by atoms with Gasteiger partial charge in [-0.1, -0.05) is 55.7 Å². The third-order valence-corrected chi connectivity index (χ3v) is 3.49. The third kappa shape index (κ3) is 5.45. The lowest BCUT2D eigenvalue weighted by molar-refractivity contribution is 0.441. The molecule has 3 N–H and O–H groups in total. The zero-order valence-corrected chi connectivity index (χ0v) is 12.0. The molecule has 0 spiro atoms. The van der Waals surface area contributed by atoms with Crippen LogP contribution >= 0.6 is 0 Å². The molecule has 0 aliphatic heterocycles. The average Bonchev–Trinajstić information content (AvgIpc) is 2.51. The van der Waals surface area contributed by atoms with Crippen LogP contribution in [0.1, 0.15) is 32.1 Å². The summed E-state index contributed by atoms with van der Waals surface area (Å²) in [6.45, 7) is 0. The smallest absolute Gasteiger partial charge is 0.0384 e. The van der Waals surface area contributed by atoms with E-state index < -0.39 is 0 Å². The van der Waals surface area contributed by atoms with Crippen LogP contribution < -0.4 is 11.1 Å². The van der Waals surface area contributed by atoms with Crippen molar-refractivity contribution in [3.63, 3.8) is 0 Å². The maximum Gasteiger partial charge on any atom is 0.0384 e. The van der Waals surface area contributed by atoms with Gasteiger partial charge >= 0.3 is 0 Å². The molecule has 0 saturated heterocycles. The van der Waals surface area contributed by atoms with E-state index in [1.54, 1.807) is 0 Å². The lowest BCUT2D eigenvalue weighted by Gasteiger charge is -2.15. The van der Waals surface area contributed by atoms with Gasteiger partial charge in [0.25, 0.3) is 0 Å². The average molecular weight is 268 g/mol. The Hall–Kier alpha value is -1.80. The zero-order chi connectivity index (χ0) is 14.0. The summed E-state index contributed by atoms with van der Waals surface area (Å²) in [6, 6.07) is 20.8. The first-order valence-electron chi connectivity index (χ1n) is 7.47. The van der Waals surface area contributed by atoms with Crippen molar-refractivity contribution in [2.45, 2.75) is 38.1 Å². The molecule has 0 atom stereocenters. The van der Waals surface area contributed by atoms with Gasteiger partial charge in [-0.3, -0.25) is 0 Å². The van der Waals surface area contributed by atoms with Crippen LogP contribution in [0.15, 0.2) is 60.7 Å². The minimum atomic E-state index is 0.536. The van der Waals surface area contributed by atoms with Crippen molar-refractivity contribution in [1.29, 1.82) is 0 Å². The van der Waals surface area contributed by atoms with Gasteiger partial charge in [0.15, 0.2) is 0 Å². The highest BCUT2D eigenvalue weighted by Gasteiger charge is 2.06. The number of nitrogens with two attached hydrogens (primary N) is 1. The molecular formula is C18H24N2. The highest BCUT2D eigenvalue weighted by atomic mass is 14.9. The second-order valence-corrected chi connectivity index (χ2v) is 5.26. The number of benzene rings is 2. The Morgan fingerprint density at radius 3 is 1.50 bits per heavy atom. The molecule has 20 heavy (non-hydrogen) atoms. The van der Waals surface area contributed by atoms with E-state index in [1.807, 2.05) is 60.7 Å². The summed E-state index contributed by atoms with van der Waals surface area (Å²) < 4.78 is 0. The topological polar surface area (TPSA) is 38.0 Å². The summed E-state index contributed by atoms with van der Waals surface area (Å²) in [5, 5.41) is 3.30. The molecule has 1 fully saturated rings. The molecule has 1 aliphatic carbocycles. The molecule has 2 heteroatoms. The molecule has 106 valence electrons. The summed E-state index contributed by atoms with van der Waals surface area (Å²) in [4.78, 5) is 0. The summed E-state index contributed by atoms with van der Waals surface area (Å²) in [6.07, 6.45) is 6.66. The molecule has 2 nitrogen and oxygen atoms in total. The van der Waals surface area contributed by atoms with Gasteiger partial charge in [0.2, 0.25) is 0 Å². The fraction of sp³-hybridized carbons (Fsp3) is 0.333. The molecule has 1 aliphatic rings. The number of hydrogen-bond donors (Lipinski definition) is 2. The van der Waals surface area contributed by atoms with E-state index in [-0.39, 0.29) is 0 Å². The molecule has 0 bridgehead atoms. The lowest BCUT2D eigenvalue weighted by Crippen LogP contribution is -2.22. The van der Waals surface area contributed by atoms with Crippen molar-refractivity contribution in [2.24, 2.45) is 5.73 Å². The highest BCUT2D eigenvalue weighted by molar-refractivity contribution is 5.58. The number of rotatable bonds is 2. The molecule has 0 amide bonds.